The van der Waals surface area contributed by atoms with Gasteiger partial charge in [0.05, 0.1) is 12.2 Å². The number of methoxy groups -OCH3 is 1. The average Bonchev–Trinajstić information content (AvgIpc) is 3.15. The Kier molecular flexibility index (Phi) is 7.30. The first-order valence-corrected chi connectivity index (χ1v) is 10.1. The van der Waals surface area contributed by atoms with Crippen LogP contribution in [0.2, 0.25) is 0 Å². The van der Waals surface area contributed by atoms with Gasteiger partial charge in [-0.25, -0.2) is 0 Å². The molecule has 1 amide bonds. The third-order valence-electron chi connectivity index (χ3n) is 5.03. The molecule has 0 bridgehead atoms. The zero-order valence-electron chi connectivity index (χ0n) is 17.3. The molecule has 5 nitrogen and oxygen atoms in total. The number of carbonyl (C=O) groups is 1. The van der Waals surface area contributed by atoms with Gasteiger partial charge in [-0.2, -0.15) is 0 Å². The molecule has 0 radical (unpaired) electrons. The van der Waals surface area contributed by atoms with Crippen LogP contribution in [0.1, 0.15) is 25.8 Å². The lowest BCUT2D eigenvalue weighted by atomic mass is 9.95. The summed E-state index contributed by atoms with van der Waals surface area (Å²) in [4.78, 5) is 10.9. The van der Waals surface area contributed by atoms with Crippen LogP contribution in [0.25, 0.3) is 22.3 Å². The number of fused-ring (bicyclic) bond motifs is 1. The maximum Gasteiger partial charge on any atom is 0.207 e. The number of nitrogens with one attached hydrogen (secondary N) is 1. The number of hydrogen-bond acceptors (Lipinski definition) is 4. The molecule has 2 aromatic carbocycles. The largest absolute Gasteiger partial charge is 0.493 e. The van der Waals surface area contributed by atoms with Crippen molar-refractivity contribution < 1.29 is 18.7 Å². The Labute approximate surface area is 172 Å². The quantitative estimate of drug-likeness (QED) is 0.373. The Bertz CT molecular complexity index is 899. The fraction of sp³-hybridized carbons (Fsp3) is 0.375. The standard InChI is InChI=1S/C24H29NO4/c1-17(2)21(25-16-26)13-18-9-10-20(23(14-18)28-12-6-11-27-3)24-15-19-7-4-5-8-22(19)29-24/h4-5,7-10,14-17,21H,6,11-13H2,1-3H3,(H,25,26). The molecule has 0 spiro atoms. The van der Waals surface area contributed by atoms with Crippen LogP contribution in [0, 0.1) is 5.92 Å². The van der Waals surface area contributed by atoms with Gasteiger partial charge in [0.1, 0.15) is 17.1 Å². The van der Waals surface area contributed by atoms with Gasteiger partial charge >= 0.3 is 0 Å². The van der Waals surface area contributed by atoms with Crippen molar-refractivity contribution >= 4 is 17.4 Å². The summed E-state index contributed by atoms with van der Waals surface area (Å²) in [5.74, 6) is 1.90. The number of ether oxygens (including phenoxy) is 2. The fourth-order valence-corrected chi connectivity index (χ4v) is 3.35. The number of para-hydroxylation sites is 1. The molecule has 0 fully saturated rings. The molecule has 29 heavy (non-hydrogen) atoms. The van der Waals surface area contributed by atoms with E-state index in [1.807, 2.05) is 36.4 Å². The minimum atomic E-state index is 0.0749. The van der Waals surface area contributed by atoms with Crippen LogP contribution in [0.5, 0.6) is 5.75 Å². The van der Waals surface area contributed by atoms with E-state index >= 15 is 0 Å². The minimum absolute atomic E-state index is 0.0749. The molecule has 1 N–H and O–H groups in total. The van der Waals surface area contributed by atoms with Gasteiger partial charge in [-0.15, -0.1) is 0 Å². The molecule has 0 aliphatic rings. The second-order valence-corrected chi connectivity index (χ2v) is 7.51. The van der Waals surface area contributed by atoms with Crippen LogP contribution >= 0.6 is 0 Å². The highest BCUT2D eigenvalue weighted by Crippen LogP contribution is 2.35. The number of amides is 1. The highest BCUT2D eigenvalue weighted by atomic mass is 16.5. The highest BCUT2D eigenvalue weighted by Gasteiger charge is 2.17. The lowest BCUT2D eigenvalue weighted by Gasteiger charge is -2.21. The van der Waals surface area contributed by atoms with Crippen molar-refractivity contribution in [1.82, 2.24) is 5.32 Å². The topological polar surface area (TPSA) is 60.7 Å². The van der Waals surface area contributed by atoms with Crippen molar-refractivity contribution in [2.75, 3.05) is 20.3 Å². The normalized spacial score (nSPS) is 12.3. The first-order valence-electron chi connectivity index (χ1n) is 10.1. The monoisotopic (exact) mass is 395 g/mol. The fourth-order valence-electron chi connectivity index (χ4n) is 3.35. The summed E-state index contributed by atoms with van der Waals surface area (Å²) in [6, 6.07) is 16.2. The Morgan fingerprint density at radius 2 is 1.93 bits per heavy atom. The summed E-state index contributed by atoms with van der Waals surface area (Å²) in [5.41, 5.74) is 2.89. The van der Waals surface area contributed by atoms with Crippen molar-refractivity contribution in [2.24, 2.45) is 5.92 Å². The van der Waals surface area contributed by atoms with Crippen LogP contribution < -0.4 is 10.1 Å². The summed E-state index contributed by atoms with van der Waals surface area (Å²) in [6.07, 6.45) is 2.32. The Morgan fingerprint density at radius 3 is 2.66 bits per heavy atom. The highest BCUT2D eigenvalue weighted by molar-refractivity contribution is 5.84. The predicted molar refractivity (Wildman–Crippen MR) is 115 cm³/mol. The number of hydrogen-bond donors (Lipinski definition) is 1. The van der Waals surface area contributed by atoms with Gasteiger partial charge < -0.3 is 19.2 Å². The van der Waals surface area contributed by atoms with Gasteiger partial charge in [0, 0.05) is 31.6 Å². The van der Waals surface area contributed by atoms with E-state index in [0.29, 0.717) is 19.1 Å². The van der Waals surface area contributed by atoms with Gasteiger partial charge in [0.2, 0.25) is 6.41 Å². The number of carbonyl (C=O) groups excluding carboxylic acids is 1. The lowest BCUT2D eigenvalue weighted by molar-refractivity contribution is -0.110. The molecule has 1 atom stereocenters. The van der Waals surface area contributed by atoms with Gasteiger partial charge in [0.25, 0.3) is 0 Å². The van der Waals surface area contributed by atoms with E-state index in [4.69, 9.17) is 13.9 Å². The van der Waals surface area contributed by atoms with E-state index in [1.165, 1.54) is 0 Å². The number of benzene rings is 2. The predicted octanol–water partition coefficient (Wildman–Crippen LogP) is 4.83. The first kappa shape index (κ1) is 20.9. The van der Waals surface area contributed by atoms with Crippen molar-refractivity contribution in [3.63, 3.8) is 0 Å². The Balaban J connectivity index is 1.90. The van der Waals surface area contributed by atoms with Gasteiger partial charge in [-0.1, -0.05) is 38.1 Å². The maximum atomic E-state index is 10.9. The van der Waals surface area contributed by atoms with E-state index in [1.54, 1.807) is 7.11 Å². The van der Waals surface area contributed by atoms with E-state index in [9.17, 15) is 4.79 Å². The maximum absolute atomic E-state index is 10.9. The van der Waals surface area contributed by atoms with E-state index in [-0.39, 0.29) is 6.04 Å². The van der Waals surface area contributed by atoms with E-state index in [0.717, 1.165) is 52.9 Å². The van der Waals surface area contributed by atoms with Crippen molar-refractivity contribution in [3.05, 3.63) is 54.1 Å². The van der Waals surface area contributed by atoms with E-state index < -0.39 is 0 Å². The van der Waals surface area contributed by atoms with E-state index in [2.05, 4.69) is 31.3 Å². The summed E-state index contributed by atoms with van der Waals surface area (Å²) >= 11 is 0. The zero-order valence-corrected chi connectivity index (χ0v) is 17.3. The Morgan fingerprint density at radius 1 is 1.10 bits per heavy atom. The SMILES string of the molecule is COCCCOc1cc(CC(NC=O)C(C)C)ccc1-c1cc2ccccc2o1. The van der Waals surface area contributed by atoms with Gasteiger partial charge in [-0.05, 0) is 42.2 Å². The molecule has 0 saturated carbocycles. The molecular weight excluding hydrogens is 366 g/mol. The third-order valence-corrected chi connectivity index (χ3v) is 5.03. The van der Waals surface area contributed by atoms with Crippen LogP contribution in [-0.4, -0.2) is 32.8 Å². The minimum Gasteiger partial charge on any atom is -0.493 e. The summed E-state index contributed by atoms with van der Waals surface area (Å²) < 4.78 is 17.3. The van der Waals surface area contributed by atoms with Crippen LogP contribution in [0.15, 0.2) is 52.9 Å². The number of rotatable bonds is 11. The second-order valence-electron chi connectivity index (χ2n) is 7.51. The van der Waals surface area contributed by atoms with Crippen LogP contribution in [0.3, 0.4) is 0 Å². The van der Waals surface area contributed by atoms with Crippen molar-refractivity contribution in [3.8, 4) is 17.1 Å². The van der Waals surface area contributed by atoms with Crippen LogP contribution in [-0.2, 0) is 16.0 Å². The lowest BCUT2D eigenvalue weighted by Crippen LogP contribution is -2.34. The van der Waals surface area contributed by atoms with Gasteiger partial charge in [-0.3, -0.25) is 4.79 Å². The van der Waals surface area contributed by atoms with Crippen molar-refractivity contribution in [1.29, 1.82) is 0 Å². The molecular formula is C24H29NO4. The molecule has 154 valence electrons. The zero-order chi connectivity index (χ0) is 20.6. The molecule has 3 aromatic rings. The first-order chi connectivity index (χ1) is 14.1. The van der Waals surface area contributed by atoms with Crippen molar-refractivity contribution in [2.45, 2.75) is 32.7 Å². The summed E-state index contributed by atoms with van der Waals surface area (Å²) in [6.45, 7) is 5.42. The smallest absolute Gasteiger partial charge is 0.207 e. The molecule has 0 aliphatic heterocycles. The van der Waals surface area contributed by atoms with Crippen LogP contribution in [0.4, 0.5) is 0 Å². The third kappa shape index (κ3) is 5.39. The summed E-state index contributed by atoms with van der Waals surface area (Å²) in [5, 5.41) is 3.98. The number of furan rings is 1. The second kappa shape index (κ2) is 10.1. The molecule has 3 rings (SSSR count). The molecule has 1 heterocycles. The molecule has 0 aliphatic carbocycles. The Hall–Kier alpha value is -2.79. The summed E-state index contributed by atoms with van der Waals surface area (Å²) in [7, 11) is 1.69. The van der Waals surface area contributed by atoms with Gasteiger partial charge in [0.15, 0.2) is 0 Å². The average molecular weight is 395 g/mol. The molecule has 5 heteroatoms. The molecule has 1 unspecified atom stereocenters. The molecule has 0 saturated heterocycles. The molecule has 1 aromatic heterocycles.